The highest BCUT2D eigenvalue weighted by Crippen LogP contribution is 2.23. The highest BCUT2D eigenvalue weighted by molar-refractivity contribution is 9.11. The minimum atomic E-state index is -0.0722. The number of hydrogen-bond donors (Lipinski definition) is 2. The van der Waals surface area contributed by atoms with Crippen LogP contribution in [0.2, 0.25) is 0 Å². The zero-order chi connectivity index (χ0) is 17.8. The largest absolute Gasteiger partial charge is 0.356 e. The number of nitrogens with one attached hydrogen (secondary N) is 2. The lowest BCUT2D eigenvalue weighted by Crippen LogP contribution is -2.33. The van der Waals surface area contributed by atoms with Gasteiger partial charge in [-0.05, 0) is 53.2 Å². The van der Waals surface area contributed by atoms with Crippen LogP contribution in [0.15, 0.2) is 22.1 Å². The van der Waals surface area contributed by atoms with Gasteiger partial charge >= 0.3 is 0 Å². The van der Waals surface area contributed by atoms with E-state index in [0.29, 0.717) is 24.6 Å². The Hall–Kier alpha value is -1.67. The molecule has 3 rings (SSSR count). The van der Waals surface area contributed by atoms with Gasteiger partial charge < -0.3 is 10.6 Å². The zero-order valence-corrected chi connectivity index (χ0v) is 16.5. The maximum absolute atomic E-state index is 12.5. The van der Waals surface area contributed by atoms with Gasteiger partial charge in [0.2, 0.25) is 5.91 Å². The number of halogens is 1. The second kappa shape index (κ2) is 8.14. The standard InChI is InChI=1S/C17H21BrN4O2S/c1-11(23)20-9-12-5-7-22-15(8-12)14(10-21-22)17(24)19-6-4-13-2-3-16(18)25-13/h2-3,10,12H,4-9H2,1H3,(H,19,24)(H,20,23). The second-order valence-electron chi connectivity index (χ2n) is 6.24. The molecule has 0 fully saturated rings. The van der Waals surface area contributed by atoms with E-state index in [4.69, 9.17) is 0 Å². The molecule has 8 heteroatoms. The Morgan fingerprint density at radius 2 is 2.24 bits per heavy atom. The van der Waals surface area contributed by atoms with Crippen LogP contribution in [0.5, 0.6) is 0 Å². The van der Waals surface area contributed by atoms with Gasteiger partial charge in [0.05, 0.1) is 21.2 Å². The maximum Gasteiger partial charge on any atom is 0.254 e. The summed E-state index contributed by atoms with van der Waals surface area (Å²) in [7, 11) is 0. The van der Waals surface area contributed by atoms with Crippen LogP contribution in [-0.4, -0.2) is 34.7 Å². The fourth-order valence-corrected chi connectivity index (χ4v) is 4.51. The topological polar surface area (TPSA) is 76.0 Å². The van der Waals surface area contributed by atoms with Crippen LogP contribution in [0.4, 0.5) is 0 Å². The summed E-state index contributed by atoms with van der Waals surface area (Å²) in [5.74, 6) is 0.262. The molecule has 0 aliphatic carbocycles. The summed E-state index contributed by atoms with van der Waals surface area (Å²) in [4.78, 5) is 24.8. The van der Waals surface area contributed by atoms with Gasteiger partial charge in [-0.3, -0.25) is 14.3 Å². The predicted molar refractivity (Wildman–Crippen MR) is 101 cm³/mol. The number of rotatable bonds is 6. The van der Waals surface area contributed by atoms with E-state index in [1.54, 1.807) is 17.5 Å². The Morgan fingerprint density at radius 3 is 2.96 bits per heavy atom. The molecule has 1 aliphatic rings. The number of fused-ring (bicyclic) bond motifs is 1. The van der Waals surface area contributed by atoms with Crippen molar-refractivity contribution < 1.29 is 9.59 Å². The lowest BCUT2D eigenvalue weighted by atomic mass is 9.94. The van der Waals surface area contributed by atoms with Crippen molar-refractivity contribution in [2.75, 3.05) is 13.1 Å². The fraction of sp³-hybridized carbons (Fsp3) is 0.471. The van der Waals surface area contributed by atoms with Gasteiger partial charge in [0.25, 0.3) is 5.91 Å². The Labute approximate surface area is 159 Å². The van der Waals surface area contributed by atoms with Gasteiger partial charge in [0.1, 0.15) is 0 Å². The summed E-state index contributed by atoms with van der Waals surface area (Å²) in [5.41, 5.74) is 1.62. The highest BCUT2D eigenvalue weighted by Gasteiger charge is 2.25. The van der Waals surface area contributed by atoms with Crippen LogP contribution < -0.4 is 10.6 Å². The van der Waals surface area contributed by atoms with Crippen LogP contribution in [-0.2, 0) is 24.2 Å². The average Bonchev–Trinajstić information content (AvgIpc) is 3.18. The molecule has 2 amide bonds. The van der Waals surface area contributed by atoms with Crippen LogP contribution in [0.1, 0.15) is 34.3 Å². The summed E-state index contributed by atoms with van der Waals surface area (Å²) in [6.45, 7) is 3.56. The summed E-state index contributed by atoms with van der Waals surface area (Å²) >= 11 is 5.13. The van der Waals surface area contributed by atoms with Crippen molar-refractivity contribution in [3.05, 3.63) is 38.3 Å². The van der Waals surface area contributed by atoms with E-state index in [1.165, 1.54) is 11.8 Å². The Balaban J connectivity index is 1.57. The van der Waals surface area contributed by atoms with E-state index in [1.807, 2.05) is 10.7 Å². The molecule has 1 aliphatic heterocycles. The van der Waals surface area contributed by atoms with Crippen LogP contribution >= 0.6 is 27.3 Å². The van der Waals surface area contributed by atoms with Crippen LogP contribution in [0.3, 0.4) is 0 Å². The minimum absolute atomic E-state index is 0.0164. The third-order valence-electron chi connectivity index (χ3n) is 4.35. The van der Waals surface area contributed by atoms with E-state index in [2.05, 4.69) is 37.7 Å². The predicted octanol–water partition coefficient (Wildman–Crippen LogP) is 2.38. The van der Waals surface area contributed by atoms with E-state index in [-0.39, 0.29) is 11.8 Å². The molecule has 0 bridgehead atoms. The first-order chi connectivity index (χ1) is 12.0. The molecule has 134 valence electrons. The monoisotopic (exact) mass is 424 g/mol. The summed E-state index contributed by atoms with van der Waals surface area (Å²) in [6.07, 6.45) is 4.20. The molecular formula is C17H21BrN4O2S. The number of amides is 2. The van der Waals surface area contributed by atoms with Crippen molar-refractivity contribution in [1.82, 2.24) is 20.4 Å². The Morgan fingerprint density at radius 1 is 1.40 bits per heavy atom. The molecular weight excluding hydrogens is 404 g/mol. The van der Waals surface area contributed by atoms with E-state index in [9.17, 15) is 9.59 Å². The quantitative estimate of drug-likeness (QED) is 0.746. The van der Waals surface area contributed by atoms with Crippen molar-refractivity contribution in [1.29, 1.82) is 0 Å². The molecule has 0 radical (unpaired) electrons. The molecule has 0 saturated carbocycles. The molecule has 3 heterocycles. The molecule has 0 saturated heterocycles. The van der Waals surface area contributed by atoms with Crippen LogP contribution in [0.25, 0.3) is 0 Å². The third-order valence-corrected chi connectivity index (χ3v) is 6.03. The van der Waals surface area contributed by atoms with E-state index >= 15 is 0 Å². The fourth-order valence-electron chi connectivity index (χ4n) is 3.03. The first kappa shape index (κ1) is 18.1. The number of hydrogen-bond acceptors (Lipinski definition) is 4. The number of aryl methyl sites for hydroxylation is 1. The SMILES string of the molecule is CC(=O)NCC1CCn2ncc(C(=O)NCCc3ccc(Br)s3)c2C1. The number of carbonyl (C=O) groups is 2. The molecule has 2 aromatic rings. The van der Waals surface area contributed by atoms with Crippen molar-refractivity contribution in [2.45, 2.75) is 32.7 Å². The van der Waals surface area contributed by atoms with Gasteiger partial charge in [-0.1, -0.05) is 0 Å². The van der Waals surface area contributed by atoms with Crippen LogP contribution in [0, 0.1) is 5.92 Å². The third kappa shape index (κ3) is 4.70. The smallest absolute Gasteiger partial charge is 0.254 e. The molecule has 1 atom stereocenters. The molecule has 2 aromatic heterocycles. The van der Waals surface area contributed by atoms with Crippen molar-refractivity contribution >= 4 is 39.1 Å². The van der Waals surface area contributed by atoms with Gasteiger partial charge in [-0.15, -0.1) is 11.3 Å². The van der Waals surface area contributed by atoms with Crippen molar-refractivity contribution in [2.24, 2.45) is 5.92 Å². The minimum Gasteiger partial charge on any atom is -0.356 e. The summed E-state index contributed by atoms with van der Waals surface area (Å²) in [5, 5.41) is 10.2. The first-order valence-corrected chi connectivity index (χ1v) is 9.95. The summed E-state index contributed by atoms with van der Waals surface area (Å²) < 4.78 is 3.01. The van der Waals surface area contributed by atoms with E-state index in [0.717, 1.165) is 35.3 Å². The Kier molecular flexibility index (Phi) is 5.90. The van der Waals surface area contributed by atoms with Gasteiger partial charge in [-0.25, -0.2) is 0 Å². The average molecular weight is 425 g/mol. The van der Waals surface area contributed by atoms with Crippen molar-refractivity contribution in [3.63, 3.8) is 0 Å². The molecule has 2 N–H and O–H groups in total. The lowest BCUT2D eigenvalue weighted by molar-refractivity contribution is -0.119. The number of carbonyl (C=O) groups excluding carboxylic acids is 2. The molecule has 25 heavy (non-hydrogen) atoms. The van der Waals surface area contributed by atoms with Gasteiger partial charge in [0, 0.05) is 31.4 Å². The molecule has 6 nitrogen and oxygen atoms in total. The molecule has 1 unspecified atom stereocenters. The Bertz CT molecular complexity index is 771. The highest BCUT2D eigenvalue weighted by atomic mass is 79.9. The number of nitrogens with zero attached hydrogens (tertiary/aromatic N) is 2. The normalized spacial score (nSPS) is 16.3. The number of aromatic nitrogens is 2. The maximum atomic E-state index is 12.5. The van der Waals surface area contributed by atoms with E-state index < -0.39 is 0 Å². The number of thiophene rings is 1. The van der Waals surface area contributed by atoms with Crippen molar-refractivity contribution in [3.8, 4) is 0 Å². The molecule has 0 spiro atoms. The first-order valence-electron chi connectivity index (χ1n) is 8.34. The lowest BCUT2D eigenvalue weighted by Gasteiger charge is -2.24. The van der Waals surface area contributed by atoms with Gasteiger partial charge in [0.15, 0.2) is 0 Å². The molecule has 0 aromatic carbocycles. The zero-order valence-electron chi connectivity index (χ0n) is 14.0. The summed E-state index contributed by atoms with van der Waals surface area (Å²) in [6, 6.07) is 4.08. The van der Waals surface area contributed by atoms with Gasteiger partial charge in [-0.2, -0.15) is 5.10 Å². The second-order valence-corrected chi connectivity index (χ2v) is 8.78.